The number of ketones is 1. The minimum Gasteiger partial charge on any atom is -0.461 e. The molecule has 1 amide bonds. The van der Waals surface area contributed by atoms with E-state index in [-0.39, 0.29) is 11.5 Å². The molecule has 2 aromatic heterocycles. The number of carbonyl (C=O) groups excluding carboxylic acids is 2. The van der Waals surface area contributed by atoms with E-state index in [0.29, 0.717) is 22.9 Å². The second kappa shape index (κ2) is 8.08. The third kappa shape index (κ3) is 4.64. The van der Waals surface area contributed by atoms with Crippen molar-refractivity contribution in [3.8, 4) is 0 Å². The van der Waals surface area contributed by atoms with Crippen LogP contribution in [0.2, 0.25) is 0 Å². The van der Waals surface area contributed by atoms with Crippen molar-refractivity contribution in [2.24, 2.45) is 5.92 Å². The van der Waals surface area contributed by atoms with E-state index in [1.54, 1.807) is 12.1 Å². The molecule has 0 spiro atoms. The Hall–Kier alpha value is -2.13. The third-order valence-electron chi connectivity index (χ3n) is 4.59. The van der Waals surface area contributed by atoms with Crippen LogP contribution in [0.5, 0.6) is 0 Å². The summed E-state index contributed by atoms with van der Waals surface area (Å²) in [4.78, 5) is 26.3. The number of thiophene rings is 1. The van der Waals surface area contributed by atoms with E-state index >= 15 is 0 Å². The number of fused-ring (bicyclic) bond motifs is 1. The Kier molecular flexibility index (Phi) is 5.95. The maximum atomic E-state index is 12.9. The number of halogens is 3. The highest BCUT2D eigenvalue weighted by Gasteiger charge is 2.32. The predicted octanol–water partition coefficient (Wildman–Crippen LogP) is 4.60. The van der Waals surface area contributed by atoms with Crippen molar-refractivity contribution < 1.29 is 31.9 Å². The molecule has 0 saturated heterocycles. The maximum absolute atomic E-state index is 12.9. The second-order valence-electron chi connectivity index (χ2n) is 6.92. The number of ether oxygens (including phenoxy) is 1. The van der Waals surface area contributed by atoms with Crippen LogP contribution in [0.1, 0.15) is 46.8 Å². The third-order valence-corrected chi connectivity index (χ3v) is 5.76. The summed E-state index contributed by atoms with van der Waals surface area (Å²) >= 11 is 1.29. The molecule has 0 bridgehead atoms. The van der Waals surface area contributed by atoms with Crippen LogP contribution in [0.4, 0.5) is 18.2 Å². The molecule has 2 aromatic rings. The van der Waals surface area contributed by atoms with E-state index in [1.165, 1.54) is 24.5 Å². The van der Waals surface area contributed by atoms with Gasteiger partial charge in [-0.05, 0) is 49.8 Å². The summed E-state index contributed by atoms with van der Waals surface area (Å²) < 4.78 is 46.7. The van der Waals surface area contributed by atoms with Crippen LogP contribution >= 0.6 is 11.3 Å². The Balaban J connectivity index is 1.86. The fraction of sp³-hybridized carbons (Fsp3) is 0.474. The average molecular weight is 415 g/mol. The van der Waals surface area contributed by atoms with Crippen molar-refractivity contribution in [2.75, 3.05) is 11.9 Å². The first kappa shape index (κ1) is 20.6. The van der Waals surface area contributed by atoms with Crippen LogP contribution in [-0.2, 0) is 22.4 Å². The summed E-state index contributed by atoms with van der Waals surface area (Å²) in [5, 5.41) is 2.91. The second-order valence-corrected chi connectivity index (χ2v) is 8.03. The molecule has 9 heteroatoms. The van der Waals surface area contributed by atoms with E-state index in [2.05, 4.69) is 17.0 Å². The highest BCUT2D eigenvalue weighted by molar-refractivity contribution is 7.17. The first-order valence-corrected chi connectivity index (χ1v) is 9.69. The van der Waals surface area contributed by atoms with E-state index < -0.39 is 24.8 Å². The minimum atomic E-state index is -4.52. The zero-order valence-corrected chi connectivity index (χ0v) is 16.2. The summed E-state index contributed by atoms with van der Waals surface area (Å²) in [5.74, 6) is -0.480. The Morgan fingerprint density at radius 3 is 2.82 bits per heavy atom. The number of anilines is 1. The Morgan fingerprint density at radius 1 is 1.43 bits per heavy atom. The van der Waals surface area contributed by atoms with E-state index in [4.69, 9.17) is 4.42 Å². The number of furan rings is 1. The van der Waals surface area contributed by atoms with Gasteiger partial charge in [-0.2, -0.15) is 13.2 Å². The van der Waals surface area contributed by atoms with Gasteiger partial charge in [0.1, 0.15) is 17.7 Å². The molecular weight excluding hydrogens is 395 g/mol. The number of hydrogen-bond donors (Lipinski definition) is 1. The number of hydrogen-bond acceptors (Lipinski definition) is 5. The summed E-state index contributed by atoms with van der Waals surface area (Å²) in [6.45, 7) is 1.84. The molecule has 0 fully saturated rings. The van der Waals surface area contributed by atoms with Crippen LogP contribution < -0.4 is 5.32 Å². The van der Waals surface area contributed by atoms with Gasteiger partial charge in [0.15, 0.2) is 5.76 Å². The predicted molar refractivity (Wildman–Crippen MR) is 97.7 cm³/mol. The van der Waals surface area contributed by atoms with Crippen LogP contribution in [0.25, 0.3) is 0 Å². The Bertz CT molecular complexity index is 857. The van der Waals surface area contributed by atoms with Gasteiger partial charge in [0.25, 0.3) is 5.91 Å². The first-order valence-electron chi connectivity index (χ1n) is 8.87. The summed E-state index contributed by atoms with van der Waals surface area (Å²) in [5.41, 5.74) is 1.24. The van der Waals surface area contributed by atoms with Crippen LogP contribution in [0, 0.1) is 5.92 Å². The SMILES string of the molecule is CC1CCc2c(sc(NC(=O)C(C)OCC(F)(F)F)c2C(=O)c2ccco2)C1. The number of carbonyl (C=O) groups is 2. The van der Waals surface area contributed by atoms with E-state index in [9.17, 15) is 22.8 Å². The van der Waals surface area contributed by atoms with E-state index in [0.717, 1.165) is 23.3 Å². The lowest BCUT2D eigenvalue weighted by Crippen LogP contribution is -2.31. The molecule has 2 atom stereocenters. The molecule has 1 aliphatic rings. The van der Waals surface area contributed by atoms with Crippen molar-refractivity contribution in [2.45, 2.75) is 45.4 Å². The van der Waals surface area contributed by atoms with Gasteiger partial charge in [-0.1, -0.05) is 6.92 Å². The van der Waals surface area contributed by atoms with Crippen molar-refractivity contribution >= 4 is 28.0 Å². The first-order chi connectivity index (χ1) is 13.2. The molecule has 3 rings (SSSR count). The van der Waals surface area contributed by atoms with Crippen molar-refractivity contribution in [3.63, 3.8) is 0 Å². The monoisotopic (exact) mass is 415 g/mol. The molecule has 1 aliphatic carbocycles. The van der Waals surface area contributed by atoms with Gasteiger partial charge in [0.2, 0.25) is 5.78 Å². The molecule has 0 aliphatic heterocycles. The summed E-state index contributed by atoms with van der Waals surface area (Å²) in [7, 11) is 0. The molecule has 0 radical (unpaired) electrons. The molecule has 2 heterocycles. The van der Waals surface area contributed by atoms with Gasteiger partial charge in [-0.15, -0.1) is 11.3 Å². The molecule has 0 saturated carbocycles. The van der Waals surface area contributed by atoms with Crippen molar-refractivity contribution in [1.29, 1.82) is 0 Å². The molecule has 5 nitrogen and oxygen atoms in total. The van der Waals surface area contributed by atoms with Gasteiger partial charge in [0, 0.05) is 4.88 Å². The van der Waals surface area contributed by atoms with Gasteiger partial charge in [-0.25, -0.2) is 0 Å². The van der Waals surface area contributed by atoms with Crippen molar-refractivity contribution in [3.05, 3.63) is 40.2 Å². The number of nitrogens with one attached hydrogen (secondary N) is 1. The topological polar surface area (TPSA) is 68.5 Å². The number of alkyl halides is 3. The maximum Gasteiger partial charge on any atom is 0.411 e. The summed E-state index contributed by atoms with van der Waals surface area (Å²) in [6.07, 6.45) is -2.04. The highest BCUT2D eigenvalue weighted by atomic mass is 32.1. The smallest absolute Gasteiger partial charge is 0.411 e. The van der Waals surface area contributed by atoms with E-state index in [1.807, 2.05) is 0 Å². The molecule has 152 valence electrons. The number of amides is 1. The van der Waals surface area contributed by atoms with Crippen LogP contribution in [0.15, 0.2) is 22.8 Å². The quantitative estimate of drug-likeness (QED) is 0.700. The lowest BCUT2D eigenvalue weighted by Gasteiger charge is -2.18. The minimum absolute atomic E-state index is 0.149. The lowest BCUT2D eigenvalue weighted by molar-refractivity contribution is -0.184. The average Bonchev–Trinajstić information content (AvgIpc) is 3.25. The molecule has 0 aromatic carbocycles. The van der Waals surface area contributed by atoms with Gasteiger partial charge < -0.3 is 14.5 Å². The molecule has 28 heavy (non-hydrogen) atoms. The highest BCUT2D eigenvalue weighted by Crippen LogP contribution is 2.40. The molecular formula is C19H20F3NO4S. The van der Waals surface area contributed by atoms with Crippen LogP contribution in [-0.4, -0.2) is 30.6 Å². The fourth-order valence-electron chi connectivity index (χ4n) is 3.12. The largest absolute Gasteiger partial charge is 0.461 e. The lowest BCUT2D eigenvalue weighted by atomic mass is 9.87. The van der Waals surface area contributed by atoms with Gasteiger partial charge >= 0.3 is 6.18 Å². The summed E-state index contributed by atoms with van der Waals surface area (Å²) in [6, 6.07) is 3.14. The Labute approximate surface area is 163 Å². The Morgan fingerprint density at radius 2 is 2.18 bits per heavy atom. The standard InChI is InChI=1S/C19H20F3NO4S/c1-10-5-6-12-14(8-10)28-18(15(12)16(24)13-4-3-7-26-13)23-17(25)11(2)27-9-19(20,21)22/h3-4,7,10-11H,5-6,8-9H2,1-2H3,(H,23,25). The fourth-order valence-corrected chi connectivity index (χ4v) is 4.53. The van der Waals surface area contributed by atoms with Crippen molar-refractivity contribution in [1.82, 2.24) is 0 Å². The van der Waals surface area contributed by atoms with Crippen LogP contribution in [0.3, 0.4) is 0 Å². The number of rotatable bonds is 6. The zero-order valence-electron chi connectivity index (χ0n) is 15.4. The van der Waals surface area contributed by atoms with Gasteiger partial charge in [0.05, 0.1) is 11.8 Å². The van der Waals surface area contributed by atoms with Gasteiger partial charge in [-0.3, -0.25) is 9.59 Å². The zero-order chi connectivity index (χ0) is 20.5. The molecule has 2 unspecified atom stereocenters. The normalized spacial score (nSPS) is 17.8. The molecule has 1 N–H and O–H groups in total.